The monoisotopic (exact) mass is 226 g/mol. The first-order valence-electron chi connectivity index (χ1n) is 4.50. The smallest absolute Gasteiger partial charge is 0.00344 e. The molecule has 0 saturated carbocycles. The van der Waals surface area contributed by atoms with Crippen LogP contribution in [0.1, 0.15) is 24.5 Å². The van der Waals surface area contributed by atoms with Crippen molar-refractivity contribution in [1.29, 1.82) is 0 Å². The Hall–Kier alpha value is -0.300. The van der Waals surface area contributed by atoms with Gasteiger partial charge in [-0.1, -0.05) is 47.1 Å². The number of hydrogen-bond donors (Lipinski definition) is 0. The topological polar surface area (TPSA) is 0 Å². The van der Waals surface area contributed by atoms with Crippen LogP contribution < -0.4 is 0 Å². The molecule has 1 aromatic rings. The molecule has 0 unspecified atom stereocenters. The van der Waals surface area contributed by atoms with Gasteiger partial charge >= 0.3 is 0 Å². The van der Waals surface area contributed by atoms with E-state index in [0.29, 0.717) is 0 Å². The van der Waals surface area contributed by atoms with Crippen LogP contribution in [0.5, 0.6) is 0 Å². The zero-order valence-electron chi connectivity index (χ0n) is 7.52. The maximum atomic E-state index is 3.43. The third-order valence-corrected chi connectivity index (χ3v) is 2.59. The summed E-state index contributed by atoms with van der Waals surface area (Å²) in [5, 5.41) is 1.10. The summed E-state index contributed by atoms with van der Waals surface area (Å²) in [7, 11) is 0. The predicted molar refractivity (Wildman–Crippen MR) is 57.9 cm³/mol. The van der Waals surface area contributed by atoms with Gasteiger partial charge in [-0.2, -0.15) is 0 Å². The van der Waals surface area contributed by atoms with Gasteiger partial charge in [-0.15, -0.1) is 0 Å². The molecule has 0 aliphatic rings. The highest BCUT2D eigenvalue weighted by Crippen LogP contribution is 2.07. The van der Waals surface area contributed by atoms with E-state index < -0.39 is 0 Å². The van der Waals surface area contributed by atoms with Crippen LogP contribution in [-0.4, -0.2) is 5.33 Å². The number of benzene rings is 1. The Morgan fingerprint density at radius 1 is 1.08 bits per heavy atom. The van der Waals surface area contributed by atoms with Gasteiger partial charge in [0.1, 0.15) is 0 Å². The maximum absolute atomic E-state index is 3.43. The molecule has 1 aromatic carbocycles. The Labute approximate surface area is 83.1 Å². The Bertz CT molecular complexity index is 213. The highest BCUT2D eigenvalue weighted by Gasteiger charge is 1.92. The SMILES string of the molecule is CCc1ccc(CCCBr)cc1. The van der Waals surface area contributed by atoms with Crippen molar-refractivity contribution in [3.8, 4) is 0 Å². The Morgan fingerprint density at radius 3 is 2.17 bits per heavy atom. The number of aryl methyl sites for hydroxylation is 2. The Morgan fingerprint density at radius 2 is 1.67 bits per heavy atom. The number of halogens is 1. The lowest BCUT2D eigenvalue weighted by Gasteiger charge is -2.00. The van der Waals surface area contributed by atoms with Gasteiger partial charge in [0.15, 0.2) is 0 Å². The Balaban J connectivity index is 2.53. The molecular weight excluding hydrogens is 212 g/mol. The molecule has 0 heterocycles. The molecule has 0 fully saturated rings. The largest absolute Gasteiger partial charge is 0.0928 e. The summed E-state index contributed by atoms with van der Waals surface area (Å²) in [6.45, 7) is 2.19. The van der Waals surface area contributed by atoms with Crippen LogP contribution in [0.3, 0.4) is 0 Å². The summed E-state index contributed by atoms with van der Waals surface area (Å²) in [4.78, 5) is 0. The molecule has 0 atom stereocenters. The molecule has 0 aromatic heterocycles. The van der Waals surface area contributed by atoms with Crippen molar-refractivity contribution in [3.63, 3.8) is 0 Å². The molecule has 0 N–H and O–H groups in total. The van der Waals surface area contributed by atoms with Crippen LogP contribution in [0.2, 0.25) is 0 Å². The average molecular weight is 227 g/mol. The lowest BCUT2D eigenvalue weighted by molar-refractivity contribution is 0.937. The second kappa shape index (κ2) is 5.36. The second-order valence-corrected chi connectivity index (χ2v) is 3.76. The molecule has 0 saturated heterocycles. The second-order valence-electron chi connectivity index (χ2n) is 2.96. The number of alkyl halides is 1. The molecule has 0 nitrogen and oxygen atoms in total. The highest BCUT2D eigenvalue weighted by atomic mass is 79.9. The van der Waals surface area contributed by atoms with E-state index in [-0.39, 0.29) is 0 Å². The van der Waals surface area contributed by atoms with Crippen molar-refractivity contribution in [2.24, 2.45) is 0 Å². The fraction of sp³-hybridized carbons (Fsp3) is 0.455. The fourth-order valence-electron chi connectivity index (χ4n) is 1.21. The fourth-order valence-corrected chi connectivity index (χ4v) is 1.49. The summed E-state index contributed by atoms with van der Waals surface area (Å²) >= 11 is 3.43. The molecule has 1 rings (SSSR count). The standard InChI is InChI=1S/C11H15Br/c1-2-10-5-7-11(8-6-10)4-3-9-12/h5-8H,2-4,9H2,1H3. The van der Waals surface area contributed by atoms with Crippen LogP contribution in [0.15, 0.2) is 24.3 Å². The Kier molecular flexibility index (Phi) is 4.37. The first-order chi connectivity index (χ1) is 5.86. The van der Waals surface area contributed by atoms with E-state index in [2.05, 4.69) is 47.1 Å². The van der Waals surface area contributed by atoms with Crippen molar-refractivity contribution < 1.29 is 0 Å². The van der Waals surface area contributed by atoms with Crippen LogP contribution >= 0.6 is 15.9 Å². The van der Waals surface area contributed by atoms with Gasteiger partial charge in [-0.3, -0.25) is 0 Å². The predicted octanol–water partition coefficient (Wildman–Crippen LogP) is 3.58. The number of hydrogen-bond acceptors (Lipinski definition) is 0. The van der Waals surface area contributed by atoms with Crippen molar-refractivity contribution in [1.82, 2.24) is 0 Å². The molecule has 0 spiro atoms. The van der Waals surface area contributed by atoms with Gasteiger partial charge < -0.3 is 0 Å². The summed E-state index contributed by atoms with van der Waals surface area (Å²) in [6, 6.07) is 8.93. The molecule has 0 amide bonds. The van der Waals surface area contributed by atoms with Gasteiger partial charge in [-0.05, 0) is 30.4 Å². The van der Waals surface area contributed by atoms with Crippen LogP contribution in [0.4, 0.5) is 0 Å². The minimum atomic E-state index is 1.10. The molecular formula is C11H15Br. The molecule has 66 valence electrons. The van der Waals surface area contributed by atoms with Crippen molar-refractivity contribution >= 4 is 15.9 Å². The van der Waals surface area contributed by atoms with Crippen LogP contribution in [0, 0.1) is 0 Å². The van der Waals surface area contributed by atoms with Crippen LogP contribution in [0.25, 0.3) is 0 Å². The zero-order chi connectivity index (χ0) is 8.81. The highest BCUT2D eigenvalue weighted by molar-refractivity contribution is 9.09. The summed E-state index contributed by atoms with van der Waals surface area (Å²) in [5.41, 5.74) is 2.88. The van der Waals surface area contributed by atoms with Gasteiger partial charge in [0, 0.05) is 5.33 Å². The van der Waals surface area contributed by atoms with Crippen molar-refractivity contribution in [2.75, 3.05) is 5.33 Å². The average Bonchev–Trinajstić information content (AvgIpc) is 2.15. The molecule has 1 heteroatoms. The van der Waals surface area contributed by atoms with Gasteiger partial charge in [0.2, 0.25) is 0 Å². The normalized spacial score (nSPS) is 10.2. The summed E-state index contributed by atoms with van der Waals surface area (Å²) in [6.07, 6.45) is 3.56. The maximum Gasteiger partial charge on any atom is 0.00344 e. The third kappa shape index (κ3) is 2.98. The molecule has 0 aliphatic heterocycles. The van der Waals surface area contributed by atoms with Gasteiger partial charge in [0.25, 0.3) is 0 Å². The third-order valence-electron chi connectivity index (χ3n) is 2.03. The lowest BCUT2D eigenvalue weighted by Crippen LogP contribution is -1.86. The van der Waals surface area contributed by atoms with Gasteiger partial charge in [0.05, 0.1) is 0 Å². The minimum absolute atomic E-state index is 1.10. The van der Waals surface area contributed by atoms with E-state index in [1.807, 2.05) is 0 Å². The van der Waals surface area contributed by atoms with E-state index in [9.17, 15) is 0 Å². The molecule has 0 radical (unpaired) electrons. The quantitative estimate of drug-likeness (QED) is 0.689. The molecule has 0 aliphatic carbocycles. The molecule has 0 bridgehead atoms. The van der Waals surface area contributed by atoms with Crippen LogP contribution in [-0.2, 0) is 12.8 Å². The first kappa shape index (κ1) is 9.79. The first-order valence-corrected chi connectivity index (χ1v) is 5.62. The number of rotatable bonds is 4. The lowest BCUT2D eigenvalue weighted by atomic mass is 10.1. The van der Waals surface area contributed by atoms with E-state index in [4.69, 9.17) is 0 Å². The van der Waals surface area contributed by atoms with Crippen molar-refractivity contribution in [3.05, 3.63) is 35.4 Å². The van der Waals surface area contributed by atoms with Crippen molar-refractivity contribution in [2.45, 2.75) is 26.2 Å². The van der Waals surface area contributed by atoms with E-state index >= 15 is 0 Å². The molecule has 12 heavy (non-hydrogen) atoms. The van der Waals surface area contributed by atoms with E-state index in [0.717, 1.165) is 11.8 Å². The summed E-state index contributed by atoms with van der Waals surface area (Å²) < 4.78 is 0. The minimum Gasteiger partial charge on any atom is -0.0928 e. The van der Waals surface area contributed by atoms with E-state index in [1.54, 1.807) is 0 Å². The van der Waals surface area contributed by atoms with E-state index in [1.165, 1.54) is 24.0 Å². The zero-order valence-corrected chi connectivity index (χ0v) is 9.10. The summed E-state index contributed by atoms with van der Waals surface area (Å²) in [5.74, 6) is 0. The van der Waals surface area contributed by atoms with Gasteiger partial charge in [-0.25, -0.2) is 0 Å².